The number of allylic oxidation sites excluding steroid dienone is 2. The second-order valence-electron chi connectivity index (χ2n) is 17.0. The Kier molecular flexibility index (Phi) is 13.1. The van der Waals surface area contributed by atoms with Crippen LogP contribution in [-0.2, 0) is 14.8 Å². The van der Waals surface area contributed by atoms with Crippen molar-refractivity contribution in [2.45, 2.75) is 63.4 Å². The topological polar surface area (TPSA) is 158 Å². The molecule has 2 aromatic heterocycles. The minimum Gasteiger partial charge on any atom is -0.455 e. The number of piperazine rings is 1. The van der Waals surface area contributed by atoms with E-state index in [0.29, 0.717) is 56.2 Å². The molecule has 3 aliphatic rings. The Balaban J connectivity index is 1.05. The summed E-state index contributed by atoms with van der Waals surface area (Å²) in [7, 11) is -2.31. The van der Waals surface area contributed by atoms with E-state index in [1.807, 2.05) is 13.1 Å². The Bertz CT molecular complexity index is 2340. The second kappa shape index (κ2) is 18.3. The van der Waals surface area contributed by atoms with Gasteiger partial charge >= 0.3 is 0 Å². The number of pyridine rings is 1. The Morgan fingerprint density at radius 3 is 2.65 bits per heavy atom. The Labute approximate surface area is 351 Å². The molecule has 13 nitrogen and oxygen atoms in total. The molecule has 60 heavy (non-hydrogen) atoms. The van der Waals surface area contributed by atoms with Gasteiger partial charge in [0.25, 0.3) is 22.4 Å². The van der Waals surface area contributed by atoms with E-state index in [0.717, 1.165) is 63.1 Å². The molecule has 1 amide bonds. The first kappa shape index (κ1) is 43.1. The van der Waals surface area contributed by atoms with Crippen LogP contribution in [0.25, 0.3) is 11.0 Å². The molecule has 0 bridgehead atoms. The number of aromatic nitrogens is 2. The summed E-state index contributed by atoms with van der Waals surface area (Å²) in [5, 5.41) is 4.05. The predicted molar refractivity (Wildman–Crippen MR) is 232 cm³/mol. The van der Waals surface area contributed by atoms with Gasteiger partial charge in [-0.25, -0.2) is 26.9 Å². The maximum absolute atomic E-state index is 13.9. The number of ether oxygens (including phenoxy) is 2. The van der Waals surface area contributed by atoms with E-state index in [9.17, 15) is 22.0 Å². The van der Waals surface area contributed by atoms with Crippen LogP contribution in [0.2, 0.25) is 0 Å². The number of morpholine rings is 1. The molecule has 0 saturated carbocycles. The first-order valence-corrected chi connectivity index (χ1v) is 22.0. The number of nitrogens with two attached hydrogens (primary N) is 1. The number of anilines is 3. The average Bonchev–Trinajstić information content (AvgIpc) is 3.68. The highest BCUT2D eigenvalue weighted by atomic mass is 32.2. The summed E-state index contributed by atoms with van der Waals surface area (Å²) in [5.41, 5.74) is 11.3. The van der Waals surface area contributed by atoms with Gasteiger partial charge in [-0.05, 0) is 92.6 Å². The third-order valence-corrected chi connectivity index (χ3v) is 13.1. The number of amides is 1. The van der Waals surface area contributed by atoms with Gasteiger partial charge in [0.2, 0.25) is 0 Å². The first-order chi connectivity index (χ1) is 28.6. The monoisotopic (exact) mass is 846 g/mol. The normalized spacial score (nSPS) is 19.2. The van der Waals surface area contributed by atoms with Crippen LogP contribution in [0.4, 0.5) is 25.8 Å². The average molecular weight is 847 g/mol. The number of alkyl halides is 2. The number of sulfonamides is 1. The van der Waals surface area contributed by atoms with E-state index in [1.165, 1.54) is 23.3 Å². The highest BCUT2D eigenvalue weighted by Gasteiger charge is 2.30. The summed E-state index contributed by atoms with van der Waals surface area (Å²) in [6.07, 6.45) is 4.61. The molecule has 2 saturated heterocycles. The largest absolute Gasteiger partial charge is 0.455 e. The SMILES string of the molecule is C=C(CCC1=C(CN2CCN(c3ccc(C(=O)NS(=O)(=O)c4ccc(NC[C@@H]5CN(C)CCO5)c(N)c4)c(Oc4cnc5[nH]ccc5c4)c3)CC2)CCC(C)(C)C1)C(F)F. The smallest absolute Gasteiger partial charge is 0.268 e. The molecule has 0 unspecified atom stereocenters. The molecule has 16 heteroatoms. The molecule has 1 aliphatic carbocycles. The number of nitrogens with zero attached hydrogens (tertiary/aromatic N) is 4. The fourth-order valence-electron chi connectivity index (χ4n) is 8.17. The maximum atomic E-state index is 13.9. The van der Waals surface area contributed by atoms with Crippen LogP contribution in [0.15, 0.2) is 89.1 Å². The van der Waals surface area contributed by atoms with Crippen molar-refractivity contribution in [1.82, 2.24) is 24.5 Å². The lowest BCUT2D eigenvalue weighted by molar-refractivity contribution is -0.0117. The number of hydrogen-bond donors (Lipinski definition) is 4. The molecule has 0 spiro atoms. The van der Waals surface area contributed by atoms with Crippen molar-refractivity contribution in [3.05, 3.63) is 89.8 Å². The van der Waals surface area contributed by atoms with E-state index in [4.69, 9.17) is 15.2 Å². The van der Waals surface area contributed by atoms with Gasteiger partial charge in [-0.3, -0.25) is 9.69 Å². The van der Waals surface area contributed by atoms with Crippen LogP contribution < -0.4 is 25.4 Å². The van der Waals surface area contributed by atoms with E-state index >= 15 is 0 Å². The molecular formula is C44H56F2N8O5S. The standard InChI is InChI=1S/C44H56F2N8O5S/c1-29(41(45)46)5-6-31-24-44(2,3)13-11-32(31)27-53-15-17-54(18-16-53)33-7-9-37(40(22-33)59-34-21-30-12-14-48-42(30)50-25-34)43(55)51-60(56,57)36-8-10-39(38(47)23-36)49-26-35-28-52(4)19-20-58-35/h7-10,12,14,21-23,25,35,41,49H,1,5-6,11,13,15-20,24,26-28,47H2,2-4H3,(H,48,50)(H,51,55)/t35-/m1/s1. The van der Waals surface area contributed by atoms with Gasteiger partial charge in [0.1, 0.15) is 17.1 Å². The Morgan fingerprint density at radius 2 is 1.90 bits per heavy atom. The number of rotatable bonds is 15. The number of fused-ring (bicyclic) bond motifs is 1. The molecular weight excluding hydrogens is 791 g/mol. The minimum absolute atomic E-state index is 0.00786. The zero-order chi connectivity index (χ0) is 42.6. The lowest BCUT2D eigenvalue weighted by atomic mass is 9.73. The van der Waals surface area contributed by atoms with Crippen molar-refractivity contribution < 1.29 is 31.5 Å². The van der Waals surface area contributed by atoms with E-state index in [-0.39, 0.29) is 39.0 Å². The highest BCUT2D eigenvalue weighted by Crippen LogP contribution is 2.41. The summed E-state index contributed by atoms with van der Waals surface area (Å²) in [4.78, 5) is 28.0. The zero-order valence-electron chi connectivity index (χ0n) is 34.6. The molecule has 322 valence electrons. The number of nitrogen functional groups attached to an aromatic ring is 1. The van der Waals surface area contributed by atoms with E-state index in [1.54, 1.807) is 42.7 Å². The van der Waals surface area contributed by atoms with Crippen LogP contribution >= 0.6 is 0 Å². The van der Waals surface area contributed by atoms with Crippen LogP contribution in [-0.4, -0.2) is 113 Å². The molecule has 2 aromatic carbocycles. The van der Waals surface area contributed by atoms with Gasteiger partial charge in [0.15, 0.2) is 0 Å². The third kappa shape index (κ3) is 10.6. The summed E-state index contributed by atoms with van der Waals surface area (Å²) in [5.74, 6) is -0.328. The number of hydrogen-bond acceptors (Lipinski definition) is 11. The van der Waals surface area contributed by atoms with Gasteiger partial charge in [-0.2, -0.15) is 0 Å². The summed E-state index contributed by atoms with van der Waals surface area (Å²) in [6.45, 7) is 14.6. The zero-order valence-corrected chi connectivity index (χ0v) is 35.4. The van der Waals surface area contributed by atoms with E-state index < -0.39 is 22.4 Å². The van der Waals surface area contributed by atoms with Crippen LogP contribution in [0.3, 0.4) is 0 Å². The lowest BCUT2D eigenvalue weighted by Gasteiger charge is -2.39. The van der Waals surface area contributed by atoms with Crippen molar-refractivity contribution >= 4 is 44.0 Å². The molecule has 4 heterocycles. The van der Waals surface area contributed by atoms with E-state index in [2.05, 4.69) is 55.1 Å². The van der Waals surface area contributed by atoms with Crippen molar-refractivity contribution in [3.8, 4) is 11.5 Å². The number of carbonyl (C=O) groups excluding carboxylic acids is 1. The molecule has 2 fully saturated rings. The van der Waals surface area contributed by atoms with Crippen LogP contribution in [0, 0.1) is 5.41 Å². The molecule has 4 aromatic rings. The summed E-state index contributed by atoms with van der Waals surface area (Å²) >= 11 is 0. The number of halogens is 2. The summed E-state index contributed by atoms with van der Waals surface area (Å²) < 4.78 is 68.0. The van der Waals surface area contributed by atoms with Crippen molar-refractivity contribution in [2.75, 3.05) is 82.0 Å². The Morgan fingerprint density at radius 1 is 1.10 bits per heavy atom. The third-order valence-electron chi connectivity index (χ3n) is 11.7. The highest BCUT2D eigenvalue weighted by molar-refractivity contribution is 7.90. The quantitative estimate of drug-likeness (QED) is 0.0720. The van der Waals surface area contributed by atoms with Crippen molar-refractivity contribution in [2.24, 2.45) is 5.41 Å². The van der Waals surface area contributed by atoms with Gasteiger partial charge in [0, 0.05) is 75.7 Å². The molecule has 1 atom stereocenters. The fourth-order valence-corrected chi connectivity index (χ4v) is 9.17. The molecule has 7 rings (SSSR count). The predicted octanol–water partition coefficient (Wildman–Crippen LogP) is 7.03. The fraction of sp³-hybridized carbons (Fsp3) is 0.455. The first-order valence-electron chi connectivity index (χ1n) is 20.5. The summed E-state index contributed by atoms with van der Waals surface area (Å²) in [6, 6.07) is 13.1. The lowest BCUT2D eigenvalue weighted by Crippen LogP contribution is -2.47. The number of benzene rings is 2. The maximum Gasteiger partial charge on any atom is 0.268 e. The molecule has 2 aliphatic heterocycles. The van der Waals surface area contributed by atoms with Gasteiger partial charge in [0.05, 0.1) is 40.7 Å². The van der Waals surface area contributed by atoms with Crippen LogP contribution in [0.1, 0.15) is 56.3 Å². The van der Waals surface area contributed by atoms with Gasteiger partial charge < -0.3 is 35.3 Å². The van der Waals surface area contributed by atoms with Gasteiger partial charge in [-0.1, -0.05) is 31.6 Å². The van der Waals surface area contributed by atoms with Crippen molar-refractivity contribution in [3.63, 3.8) is 0 Å². The number of carbonyl (C=O) groups is 1. The number of nitrogens with one attached hydrogen (secondary N) is 3. The van der Waals surface area contributed by atoms with Crippen LogP contribution in [0.5, 0.6) is 11.5 Å². The Hall–Kier alpha value is -5.03. The number of likely N-dealkylation sites (N-methyl/N-ethyl adjacent to an activating group) is 1. The number of aromatic amines is 1. The molecule has 5 N–H and O–H groups in total. The molecule has 0 radical (unpaired) electrons. The minimum atomic E-state index is -4.34. The van der Waals surface area contributed by atoms with Crippen molar-refractivity contribution in [1.29, 1.82) is 0 Å². The number of H-pyrrole nitrogens is 1. The van der Waals surface area contributed by atoms with Gasteiger partial charge in [-0.15, -0.1) is 0 Å². The second-order valence-corrected chi connectivity index (χ2v) is 18.6.